The molecule has 19 heavy (non-hydrogen) atoms. The highest BCUT2D eigenvalue weighted by Gasteiger charge is 2.20. The van der Waals surface area contributed by atoms with Gasteiger partial charge in [0, 0.05) is 4.47 Å². The molecule has 0 aliphatic rings. The highest BCUT2D eigenvalue weighted by atomic mass is 79.9. The van der Waals surface area contributed by atoms with Gasteiger partial charge in [0.05, 0.1) is 6.04 Å². The van der Waals surface area contributed by atoms with Crippen LogP contribution in [0.15, 0.2) is 43.9 Å². The molecule has 0 fully saturated rings. The first-order valence-electron chi connectivity index (χ1n) is 6.05. The molecule has 0 aliphatic carbocycles. The first-order chi connectivity index (χ1) is 9.11. The molecule has 1 heterocycles. The average Bonchev–Trinajstić information content (AvgIpc) is 2.80. The lowest BCUT2D eigenvalue weighted by molar-refractivity contribution is 0.431. The fourth-order valence-electron chi connectivity index (χ4n) is 1.87. The molecule has 1 unspecified atom stereocenters. The highest BCUT2D eigenvalue weighted by molar-refractivity contribution is 9.10. The van der Waals surface area contributed by atoms with Gasteiger partial charge in [0.1, 0.15) is 11.6 Å². The number of furan rings is 1. The van der Waals surface area contributed by atoms with Gasteiger partial charge in [0.15, 0.2) is 4.67 Å². The van der Waals surface area contributed by atoms with Gasteiger partial charge in [0.2, 0.25) is 0 Å². The van der Waals surface area contributed by atoms with Gasteiger partial charge >= 0.3 is 0 Å². The van der Waals surface area contributed by atoms with E-state index in [1.54, 1.807) is 6.07 Å². The van der Waals surface area contributed by atoms with E-state index >= 15 is 0 Å². The Balaban J connectivity index is 2.39. The molecule has 0 radical (unpaired) electrons. The Morgan fingerprint density at radius 3 is 2.68 bits per heavy atom. The highest BCUT2D eigenvalue weighted by Crippen LogP contribution is 2.31. The minimum absolute atomic E-state index is 0.170. The fraction of sp³-hybridized carbons (Fsp3) is 0.286. The zero-order valence-electron chi connectivity index (χ0n) is 10.4. The van der Waals surface area contributed by atoms with Crippen LogP contribution in [0.1, 0.15) is 30.7 Å². The Labute approximate surface area is 128 Å². The predicted molar refractivity (Wildman–Crippen MR) is 80.6 cm³/mol. The Hall–Kier alpha value is -0.650. The summed E-state index contributed by atoms with van der Waals surface area (Å²) in [4.78, 5) is 0. The second-order valence-corrected chi connectivity index (χ2v) is 5.83. The van der Waals surface area contributed by atoms with E-state index in [0.29, 0.717) is 4.67 Å². The van der Waals surface area contributed by atoms with Crippen molar-refractivity contribution in [1.82, 2.24) is 5.32 Å². The van der Waals surface area contributed by atoms with E-state index in [-0.39, 0.29) is 11.9 Å². The smallest absolute Gasteiger partial charge is 0.169 e. The molecular formula is C14H14Br2FNO. The number of benzene rings is 1. The SMILES string of the molecule is CCCNC(c1ccc(Br)o1)c1cc(F)ccc1Br. The molecule has 2 aromatic rings. The van der Waals surface area contributed by atoms with E-state index in [1.807, 2.05) is 12.1 Å². The quantitative estimate of drug-likeness (QED) is 0.774. The average molecular weight is 391 g/mol. The van der Waals surface area contributed by atoms with Crippen LogP contribution in [-0.4, -0.2) is 6.54 Å². The summed E-state index contributed by atoms with van der Waals surface area (Å²) in [6.45, 7) is 2.91. The number of hydrogen-bond donors (Lipinski definition) is 1. The third kappa shape index (κ3) is 3.68. The van der Waals surface area contributed by atoms with Gasteiger partial charge in [-0.2, -0.15) is 0 Å². The van der Waals surface area contributed by atoms with Gasteiger partial charge in [0.25, 0.3) is 0 Å². The zero-order chi connectivity index (χ0) is 13.8. The Bertz CT molecular complexity index is 556. The molecule has 0 aliphatic heterocycles. The van der Waals surface area contributed by atoms with E-state index in [2.05, 4.69) is 44.1 Å². The second kappa shape index (κ2) is 6.68. The van der Waals surface area contributed by atoms with Crippen LogP contribution in [0, 0.1) is 5.82 Å². The fourth-order valence-corrected chi connectivity index (χ4v) is 2.67. The standard InChI is InChI=1S/C14H14Br2FNO/c1-2-7-18-14(12-5-6-13(16)19-12)10-8-9(17)3-4-11(10)15/h3-6,8,14,18H,2,7H2,1H3. The largest absolute Gasteiger partial charge is 0.452 e. The molecule has 0 amide bonds. The van der Waals surface area contributed by atoms with Crippen molar-refractivity contribution in [2.45, 2.75) is 19.4 Å². The van der Waals surface area contributed by atoms with Crippen molar-refractivity contribution >= 4 is 31.9 Å². The van der Waals surface area contributed by atoms with Crippen molar-refractivity contribution < 1.29 is 8.81 Å². The summed E-state index contributed by atoms with van der Waals surface area (Å²) in [5.74, 6) is 0.499. The number of rotatable bonds is 5. The molecule has 1 aromatic carbocycles. The number of hydrogen-bond acceptors (Lipinski definition) is 2. The number of halogens is 3. The van der Waals surface area contributed by atoms with Crippen molar-refractivity contribution in [2.24, 2.45) is 0 Å². The minimum atomic E-state index is -0.257. The maximum Gasteiger partial charge on any atom is 0.169 e. The van der Waals surface area contributed by atoms with Gasteiger partial charge in [-0.1, -0.05) is 22.9 Å². The van der Waals surface area contributed by atoms with Crippen LogP contribution in [0.4, 0.5) is 4.39 Å². The lowest BCUT2D eigenvalue weighted by Gasteiger charge is -2.18. The number of nitrogens with one attached hydrogen (secondary N) is 1. The summed E-state index contributed by atoms with van der Waals surface area (Å²) in [7, 11) is 0. The second-order valence-electron chi connectivity index (χ2n) is 4.19. The van der Waals surface area contributed by atoms with E-state index in [1.165, 1.54) is 12.1 Å². The van der Waals surface area contributed by atoms with E-state index in [0.717, 1.165) is 28.8 Å². The van der Waals surface area contributed by atoms with Gasteiger partial charge in [-0.05, 0) is 64.8 Å². The third-order valence-electron chi connectivity index (χ3n) is 2.75. The Morgan fingerprint density at radius 1 is 1.26 bits per heavy atom. The van der Waals surface area contributed by atoms with Crippen LogP contribution in [0.2, 0.25) is 0 Å². The molecular weight excluding hydrogens is 377 g/mol. The first-order valence-corrected chi connectivity index (χ1v) is 7.64. The van der Waals surface area contributed by atoms with Crippen LogP contribution in [0.3, 0.4) is 0 Å². The van der Waals surface area contributed by atoms with Crippen LogP contribution in [-0.2, 0) is 0 Å². The van der Waals surface area contributed by atoms with Crippen LogP contribution in [0.5, 0.6) is 0 Å². The molecule has 2 nitrogen and oxygen atoms in total. The predicted octanol–water partition coefficient (Wildman–Crippen LogP) is 5.03. The van der Waals surface area contributed by atoms with E-state index < -0.39 is 0 Å². The van der Waals surface area contributed by atoms with Crippen molar-refractivity contribution in [3.8, 4) is 0 Å². The van der Waals surface area contributed by atoms with Crippen LogP contribution < -0.4 is 5.32 Å². The molecule has 0 saturated heterocycles. The minimum Gasteiger partial charge on any atom is -0.452 e. The van der Waals surface area contributed by atoms with Crippen molar-refractivity contribution in [1.29, 1.82) is 0 Å². The lowest BCUT2D eigenvalue weighted by Crippen LogP contribution is -2.23. The first kappa shape index (κ1) is 14.8. The van der Waals surface area contributed by atoms with E-state index in [4.69, 9.17) is 4.42 Å². The Kier molecular flexibility index (Phi) is 5.19. The molecule has 102 valence electrons. The molecule has 2 rings (SSSR count). The maximum absolute atomic E-state index is 13.5. The van der Waals surface area contributed by atoms with Gasteiger partial charge in [-0.25, -0.2) is 4.39 Å². The normalized spacial score (nSPS) is 12.6. The molecule has 5 heteroatoms. The topological polar surface area (TPSA) is 25.2 Å². The molecule has 1 N–H and O–H groups in total. The summed E-state index contributed by atoms with van der Waals surface area (Å²) >= 11 is 6.76. The monoisotopic (exact) mass is 389 g/mol. The van der Waals surface area contributed by atoms with Gasteiger partial charge in [-0.3, -0.25) is 0 Å². The summed E-state index contributed by atoms with van der Waals surface area (Å²) in [5.41, 5.74) is 0.829. The zero-order valence-corrected chi connectivity index (χ0v) is 13.6. The van der Waals surface area contributed by atoms with Crippen LogP contribution >= 0.6 is 31.9 Å². The van der Waals surface area contributed by atoms with Crippen molar-refractivity contribution in [2.75, 3.05) is 6.54 Å². The van der Waals surface area contributed by atoms with Crippen molar-refractivity contribution in [3.63, 3.8) is 0 Å². The summed E-state index contributed by atoms with van der Waals surface area (Å²) in [5, 5.41) is 3.37. The molecule has 1 atom stereocenters. The summed E-state index contributed by atoms with van der Waals surface area (Å²) < 4.78 is 20.6. The van der Waals surface area contributed by atoms with Crippen molar-refractivity contribution in [3.05, 3.63) is 56.6 Å². The summed E-state index contributed by atoms with van der Waals surface area (Å²) in [6.07, 6.45) is 0.991. The molecule has 1 aromatic heterocycles. The molecule has 0 bridgehead atoms. The lowest BCUT2D eigenvalue weighted by atomic mass is 10.0. The molecule has 0 saturated carbocycles. The Morgan fingerprint density at radius 2 is 2.05 bits per heavy atom. The molecule has 0 spiro atoms. The summed E-state index contributed by atoms with van der Waals surface area (Å²) in [6, 6.07) is 8.22. The van der Waals surface area contributed by atoms with Crippen LogP contribution in [0.25, 0.3) is 0 Å². The van der Waals surface area contributed by atoms with E-state index in [9.17, 15) is 4.39 Å². The van der Waals surface area contributed by atoms with Gasteiger partial charge in [-0.15, -0.1) is 0 Å². The maximum atomic E-state index is 13.5. The third-order valence-corrected chi connectivity index (χ3v) is 3.89. The van der Waals surface area contributed by atoms with Gasteiger partial charge < -0.3 is 9.73 Å².